The number of likely N-dealkylation sites (N-methyl/N-ethyl adjacent to an activating group) is 1. The van der Waals surface area contributed by atoms with E-state index in [4.69, 9.17) is 0 Å². The number of hydrogen-bond acceptors (Lipinski definition) is 5. The quantitative estimate of drug-likeness (QED) is 0.335. The molecule has 1 fully saturated rings. The van der Waals surface area contributed by atoms with E-state index in [0.29, 0.717) is 25.9 Å². The third kappa shape index (κ3) is 8.15. The Balaban J connectivity index is 0.00000481. The van der Waals surface area contributed by atoms with Gasteiger partial charge in [-0.25, -0.2) is 0 Å². The van der Waals surface area contributed by atoms with Gasteiger partial charge in [-0.3, -0.25) is 14.4 Å². The van der Waals surface area contributed by atoms with Crippen molar-refractivity contribution in [2.24, 2.45) is 5.92 Å². The highest BCUT2D eigenvalue weighted by atomic mass is 35.5. The van der Waals surface area contributed by atoms with E-state index in [9.17, 15) is 19.5 Å². The minimum Gasteiger partial charge on any atom is -0.390 e. The molecular weight excluding hydrogens is 492 g/mol. The summed E-state index contributed by atoms with van der Waals surface area (Å²) in [6.07, 6.45) is 2.39. The van der Waals surface area contributed by atoms with Crippen molar-refractivity contribution in [2.45, 2.75) is 64.1 Å². The molecule has 8 nitrogen and oxygen atoms in total. The Morgan fingerprint density at radius 1 is 1.05 bits per heavy atom. The number of rotatable bonds is 12. The molecule has 1 aliphatic rings. The summed E-state index contributed by atoms with van der Waals surface area (Å²) >= 11 is 0. The number of aliphatic hydroxyl groups excluding tert-OH is 1. The Kier molecular flexibility index (Phi) is 12.3. The number of likely N-dealkylation sites (tertiary alicyclic amines) is 1. The first-order valence-corrected chi connectivity index (χ1v) is 13.1. The number of benzene rings is 2. The van der Waals surface area contributed by atoms with Crippen molar-refractivity contribution in [1.82, 2.24) is 20.9 Å². The summed E-state index contributed by atoms with van der Waals surface area (Å²) in [5.74, 6) is -0.738. The summed E-state index contributed by atoms with van der Waals surface area (Å²) in [5, 5.41) is 20.8. The van der Waals surface area contributed by atoms with Gasteiger partial charge in [0.15, 0.2) is 0 Å². The van der Waals surface area contributed by atoms with Gasteiger partial charge in [0.2, 0.25) is 17.7 Å². The van der Waals surface area contributed by atoms with Crippen LogP contribution in [-0.4, -0.2) is 72.6 Å². The maximum atomic E-state index is 13.4. The normalized spacial score (nSPS) is 16.8. The molecule has 9 heteroatoms. The van der Waals surface area contributed by atoms with E-state index in [-0.39, 0.29) is 42.6 Å². The van der Waals surface area contributed by atoms with Crippen molar-refractivity contribution in [1.29, 1.82) is 0 Å². The highest BCUT2D eigenvalue weighted by Crippen LogP contribution is 2.23. The molecule has 2 unspecified atom stereocenters. The molecule has 4 N–H and O–H groups in total. The van der Waals surface area contributed by atoms with Crippen molar-refractivity contribution in [3.63, 3.8) is 0 Å². The van der Waals surface area contributed by atoms with Gasteiger partial charge in [0.1, 0.15) is 12.1 Å². The number of fused-ring (bicyclic) bond motifs is 1. The summed E-state index contributed by atoms with van der Waals surface area (Å²) in [7, 11) is 1.73. The summed E-state index contributed by atoms with van der Waals surface area (Å²) in [6, 6.07) is 12.6. The van der Waals surface area contributed by atoms with Crippen molar-refractivity contribution >= 4 is 40.9 Å². The molecule has 1 saturated heterocycles. The highest BCUT2D eigenvalue weighted by Gasteiger charge is 2.37. The van der Waals surface area contributed by atoms with E-state index >= 15 is 0 Å². The zero-order valence-electron chi connectivity index (χ0n) is 22.0. The second kappa shape index (κ2) is 14.9. The average molecular weight is 533 g/mol. The van der Waals surface area contributed by atoms with Crippen LogP contribution in [0.4, 0.5) is 0 Å². The lowest BCUT2D eigenvalue weighted by atomic mass is 10.00. The van der Waals surface area contributed by atoms with Crippen molar-refractivity contribution in [3.05, 3.63) is 48.0 Å². The second-order valence-corrected chi connectivity index (χ2v) is 9.61. The third-order valence-electron chi connectivity index (χ3n) is 7.01. The van der Waals surface area contributed by atoms with Crippen LogP contribution in [0, 0.1) is 5.92 Å². The van der Waals surface area contributed by atoms with Crippen molar-refractivity contribution in [2.75, 3.05) is 26.7 Å². The molecule has 0 saturated carbocycles. The number of halogens is 1. The Morgan fingerprint density at radius 2 is 1.76 bits per heavy atom. The van der Waals surface area contributed by atoms with Gasteiger partial charge < -0.3 is 26.0 Å². The summed E-state index contributed by atoms with van der Waals surface area (Å²) in [5.41, 5.74) is 0.918. The summed E-state index contributed by atoms with van der Waals surface area (Å²) < 4.78 is 0. The van der Waals surface area contributed by atoms with Crippen molar-refractivity contribution in [3.8, 4) is 0 Å². The molecule has 1 aliphatic heterocycles. The molecule has 0 spiro atoms. The predicted molar refractivity (Wildman–Crippen MR) is 149 cm³/mol. The van der Waals surface area contributed by atoms with Crippen LogP contribution < -0.4 is 16.0 Å². The minimum atomic E-state index is -0.828. The molecule has 1 heterocycles. The second-order valence-electron chi connectivity index (χ2n) is 9.61. The fraction of sp³-hybridized carbons (Fsp3) is 0.536. The minimum absolute atomic E-state index is 0. The zero-order valence-corrected chi connectivity index (χ0v) is 22.9. The molecular formula is C28H41ClN4O4. The van der Waals surface area contributed by atoms with Crippen LogP contribution in [-0.2, 0) is 20.8 Å². The van der Waals surface area contributed by atoms with Crippen LogP contribution in [0.5, 0.6) is 0 Å². The standard InChI is InChI=1S/C28H40N4O4.ClH/c1-4-20(5-2)28(36)32-14-8-11-25(32)27(35)31-24(26(34)30-18-23(33)17-29-3)16-19-12-13-21-9-6-7-10-22(21)15-19;/h6-7,9-10,12-13,15,20,23-25,29,33H,4-5,8,11,14,16-18H2,1-3H3,(H,30,34)(H,31,35);1H/t23?,24-,25?;/m1./s1. The molecule has 204 valence electrons. The highest BCUT2D eigenvalue weighted by molar-refractivity contribution is 5.93. The number of hydrogen-bond donors (Lipinski definition) is 4. The number of nitrogens with one attached hydrogen (secondary N) is 3. The molecule has 0 bridgehead atoms. The number of aliphatic hydroxyl groups is 1. The maximum absolute atomic E-state index is 13.4. The Hall–Kier alpha value is -2.68. The molecule has 3 rings (SSSR count). The lowest BCUT2D eigenvalue weighted by molar-refractivity contribution is -0.142. The molecule has 3 atom stereocenters. The fourth-order valence-electron chi connectivity index (χ4n) is 4.90. The maximum Gasteiger partial charge on any atom is 0.243 e. The lowest BCUT2D eigenvalue weighted by Gasteiger charge is -2.29. The number of amides is 3. The first-order valence-electron chi connectivity index (χ1n) is 13.1. The van der Waals surface area contributed by atoms with E-state index in [1.54, 1.807) is 11.9 Å². The number of nitrogens with zero attached hydrogens (tertiary/aromatic N) is 1. The smallest absolute Gasteiger partial charge is 0.243 e. The monoisotopic (exact) mass is 532 g/mol. The summed E-state index contributed by atoms with van der Waals surface area (Å²) in [6.45, 7) is 4.96. The fourth-order valence-corrected chi connectivity index (χ4v) is 4.90. The van der Waals surface area contributed by atoms with Crippen LogP contribution in [0.25, 0.3) is 10.8 Å². The van der Waals surface area contributed by atoms with Crippen LogP contribution in [0.2, 0.25) is 0 Å². The SMILES string of the molecule is CCC(CC)C(=O)N1CCCC1C(=O)N[C@H](Cc1ccc2ccccc2c1)C(=O)NCC(O)CNC.Cl. The largest absolute Gasteiger partial charge is 0.390 e. The van der Waals surface area contributed by atoms with Crippen LogP contribution in [0.1, 0.15) is 45.1 Å². The van der Waals surface area contributed by atoms with Crippen LogP contribution in [0.3, 0.4) is 0 Å². The van der Waals surface area contributed by atoms with E-state index in [2.05, 4.69) is 16.0 Å². The molecule has 0 aromatic heterocycles. The molecule has 37 heavy (non-hydrogen) atoms. The van der Waals surface area contributed by atoms with Gasteiger partial charge in [0.05, 0.1) is 6.10 Å². The third-order valence-corrected chi connectivity index (χ3v) is 7.01. The lowest BCUT2D eigenvalue weighted by Crippen LogP contribution is -2.55. The first-order chi connectivity index (χ1) is 17.4. The Bertz CT molecular complexity index is 1050. The van der Waals surface area contributed by atoms with Gasteiger partial charge in [0, 0.05) is 32.0 Å². The van der Waals surface area contributed by atoms with E-state index in [1.807, 2.05) is 56.3 Å². The van der Waals surface area contributed by atoms with E-state index in [0.717, 1.165) is 35.6 Å². The van der Waals surface area contributed by atoms with Crippen LogP contribution in [0.15, 0.2) is 42.5 Å². The van der Waals surface area contributed by atoms with Gasteiger partial charge in [-0.2, -0.15) is 0 Å². The molecule has 0 aliphatic carbocycles. The molecule has 3 amide bonds. The summed E-state index contributed by atoms with van der Waals surface area (Å²) in [4.78, 5) is 41.2. The Labute approximate surface area is 226 Å². The number of carbonyl (C=O) groups is 3. The van der Waals surface area contributed by atoms with Gasteiger partial charge in [0.25, 0.3) is 0 Å². The van der Waals surface area contributed by atoms with Crippen molar-refractivity contribution < 1.29 is 19.5 Å². The topological polar surface area (TPSA) is 111 Å². The van der Waals surface area contributed by atoms with E-state index < -0.39 is 18.2 Å². The Morgan fingerprint density at radius 3 is 2.43 bits per heavy atom. The first kappa shape index (κ1) is 30.5. The van der Waals surface area contributed by atoms with Gasteiger partial charge in [-0.15, -0.1) is 12.4 Å². The molecule has 2 aromatic rings. The van der Waals surface area contributed by atoms with E-state index in [1.165, 1.54) is 0 Å². The zero-order chi connectivity index (χ0) is 26.1. The average Bonchev–Trinajstić information content (AvgIpc) is 3.38. The number of carbonyl (C=O) groups excluding carboxylic acids is 3. The van der Waals surface area contributed by atoms with Gasteiger partial charge in [-0.1, -0.05) is 56.3 Å². The van der Waals surface area contributed by atoms with Crippen LogP contribution >= 0.6 is 12.4 Å². The van der Waals surface area contributed by atoms with Gasteiger partial charge >= 0.3 is 0 Å². The predicted octanol–water partition coefficient (Wildman–Crippen LogP) is 2.41. The van der Waals surface area contributed by atoms with Gasteiger partial charge in [-0.05, 0) is 49.1 Å². The molecule has 0 radical (unpaired) electrons. The molecule has 2 aromatic carbocycles.